The van der Waals surface area contributed by atoms with E-state index in [1.165, 1.54) is 6.26 Å². The molecule has 1 aromatic heterocycles. The fraction of sp³-hybridized carbons (Fsp3) is 0.214. The third kappa shape index (κ3) is 3.10. The smallest absolute Gasteiger partial charge is 0.225 e. The SMILES string of the molecule is Cc1cc(C(=N)OC(=N)C(C)N)cc(-c2ncco2)c1. The Hall–Kier alpha value is -2.47. The van der Waals surface area contributed by atoms with Gasteiger partial charge in [0.05, 0.1) is 12.2 Å². The number of rotatable bonds is 3. The van der Waals surface area contributed by atoms with Crippen LogP contribution in [-0.2, 0) is 4.74 Å². The summed E-state index contributed by atoms with van der Waals surface area (Å²) in [5, 5.41) is 15.5. The normalized spacial score (nSPS) is 11.9. The van der Waals surface area contributed by atoms with Gasteiger partial charge in [0.25, 0.3) is 0 Å². The van der Waals surface area contributed by atoms with Gasteiger partial charge in [0.15, 0.2) is 0 Å². The van der Waals surface area contributed by atoms with Crippen LogP contribution < -0.4 is 5.73 Å². The van der Waals surface area contributed by atoms with E-state index in [-0.39, 0.29) is 11.8 Å². The van der Waals surface area contributed by atoms with E-state index in [0.717, 1.165) is 11.1 Å². The van der Waals surface area contributed by atoms with E-state index in [1.54, 1.807) is 25.3 Å². The highest BCUT2D eigenvalue weighted by Gasteiger charge is 2.13. The monoisotopic (exact) mass is 272 g/mol. The zero-order valence-corrected chi connectivity index (χ0v) is 11.3. The van der Waals surface area contributed by atoms with E-state index in [0.29, 0.717) is 11.5 Å². The molecule has 0 aliphatic carbocycles. The molecular formula is C14H16N4O2. The van der Waals surface area contributed by atoms with Crippen molar-refractivity contribution >= 4 is 11.8 Å². The average Bonchev–Trinajstić information content (AvgIpc) is 2.91. The lowest BCUT2D eigenvalue weighted by Crippen LogP contribution is -2.30. The second-order valence-corrected chi connectivity index (χ2v) is 4.51. The van der Waals surface area contributed by atoms with Crippen molar-refractivity contribution in [3.05, 3.63) is 41.8 Å². The maximum absolute atomic E-state index is 7.90. The molecule has 104 valence electrons. The predicted molar refractivity (Wildman–Crippen MR) is 76.0 cm³/mol. The van der Waals surface area contributed by atoms with Crippen LogP contribution in [0.1, 0.15) is 18.1 Å². The Kier molecular flexibility index (Phi) is 3.95. The summed E-state index contributed by atoms with van der Waals surface area (Å²) in [6, 6.07) is 4.88. The summed E-state index contributed by atoms with van der Waals surface area (Å²) in [5.41, 5.74) is 7.77. The topological polar surface area (TPSA) is 109 Å². The lowest BCUT2D eigenvalue weighted by Gasteiger charge is -2.11. The maximum atomic E-state index is 7.90. The fourth-order valence-corrected chi connectivity index (χ4v) is 1.67. The summed E-state index contributed by atoms with van der Waals surface area (Å²) < 4.78 is 10.4. The van der Waals surface area contributed by atoms with Crippen molar-refractivity contribution in [2.45, 2.75) is 19.9 Å². The van der Waals surface area contributed by atoms with Crippen molar-refractivity contribution in [3.8, 4) is 11.5 Å². The molecule has 6 heteroatoms. The summed E-state index contributed by atoms with van der Waals surface area (Å²) in [6.45, 7) is 3.53. The third-order valence-electron chi connectivity index (χ3n) is 2.64. The Morgan fingerprint density at radius 3 is 2.70 bits per heavy atom. The predicted octanol–water partition coefficient (Wildman–Crippen LogP) is 2.32. The highest BCUT2D eigenvalue weighted by molar-refractivity contribution is 6.01. The first-order valence-corrected chi connectivity index (χ1v) is 6.09. The minimum atomic E-state index is -0.550. The standard InChI is InChI=1S/C14H16N4O2/c1-8-5-10(13(17)20-12(16)9(2)15)7-11(6-8)14-18-3-4-19-14/h3-7,9,16-17H,15H2,1-2H3. The molecule has 0 bridgehead atoms. The number of nitrogens with zero attached hydrogens (tertiary/aromatic N) is 1. The van der Waals surface area contributed by atoms with Gasteiger partial charge in [-0.1, -0.05) is 0 Å². The summed E-state index contributed by atoms with van der Waals surface area (Å²) in [4.78, 5) is 4.08. The lowest BCUT2D eigenvalue weighted by atomic mass is 10.1. The molecule has 1 heterocycles. The number of benzene rings is 1. The minimum absolute atomic E-state index is 0.121. The van der Waals surface area contributed by atoms with Gasteiger partial charge in [-0.15, -0.1) is 0 Å². The molecule has 6 nitrogen and oxygen atoms in total. The number of hydrogen-bond acceptors (Lipinski definition) is 6. The van der Waals surface area contributed by atoms with Crippen LogP contribution in [-0.4, -0.2) is 22.8 Å². The highest BCUT2D eigenvalue weighted by atomic mass is 16.5. The molecule has 1 atom stereocenters. The van der Waals surface area contributed by atoms with Gasteiger partial charge in [-0.3, -0.25) is 10.8 Å². The number of aryl methyl sites for hydroxylation is 1. The van der Waals surface area contributed by atoms with Crippen LogP contribution in [0.2, 0.25) is 0 Å². The summed E-state index contributed by atoms with van der Waals surface area (Å²) in [6.07, 6.45) is 3.05. The number of nitrogens with two attached hydrogens (primary N) is 1. The van der Waals surface area contributed by atoms with Crippen LogP contribution in [0.5, 0.6) is 0 Å². The first-order valence-electron chi connectivity index (χ1n) is 6.09. The first kappa shape index (κ1) is 14.0. The Morgan fingerprint density at radius 2 is 2.10 bits per heavy atom. The Balaban J connectivity index is 2.29. The molecule has 0 amide bonds. The minimum Gasteiger partial charge on any atom is -0.445 e. The Labute approximate surface area is 116 Å². The fourth-order valence-electron chi connectivity index (χ4n) is 1.67. The molecule has 0 saturated carbocycles. The molecule has 1 aromatic carbocycles. The number of ether oxygens (including phenoxy) is 1. The molecular weight excluding hydrogens is 256 g/mol. The molecule has 0 aliphatic rings. The van der Waals surface area contributed by atoms with Crippen LogP contribution in [0.15, 0.2) is 35.1 Å². The third-order valence-corrected chi connectivity index (χ3v) is 2.64. The number of aromatic nitrogens is 1. The van der Waals surface area contributed by atoms with Gasteiger partial charge in [-0.05, 0) is 37.6 Å². The van der Waals surface area contributed by atoms with Crippen LogP contribution in [0.4, 0.5) is 0 Å². The van der Waals surface area contributed by atoms with Crippen molar-refractivity contribution in [1.82, 2.24) is 4.98 Å². The van der Waals surface area contributed by atoms with Crippen LogP contribution in [0.25, 0.3) is 11.5 Å². The molecule has 0 fully saturated rings. The van der Waals surface area contributed by atoms with Gasteiger partial charge in [0.2, 0.25) is 17.7 Å². The number of hydrogen-bond donors (Lipinski definition) is 3. The molecule has 1 unspecified atom stereocenters. The summed E-state index contributed by atoms with van der Waals surface area (Å²) >= 11 is 0. The number of oxazole rings is 1. The summed E-state index contributed by atoms with van der Waals surface area (Å²) in [7, 11) is 0. The van der Waals surface area contributed by atoms with Crippen molar-refractivity contribution in [1.29, 1.82) is 10.8 Å². The van der Waals surface area contributed by atoms with E-state index in [1.807, 2.05) is 13.0 Å². The molecule has 4 N–H and O–H groups in total. The van der Waals surface area contributed by atoms with Gasteiger partial charge >= 0.3 is 0 Å². The molecule has 0 spiro atoms. The van der Waals surface area contributed by atoms with Crippen LogP contribution >= 0.6 is 0 Å². The van der Waals surface area contributed by atoms with E-state index in [4.69, 9.17) is 25.7 Å². The van der Waals surface area contributed by atoms with Crippen LogP contribution in [0, 0.1) is 17.7 Å². The van der Waals surface area contributed by atoms with Gasteiger partial charge in [-0.25, -0.2) is 4.98 Å². The molecule has 0 saturated heterocycles. The molecule has 0 radical (unpaired) electrons. The van der Waals surface area contributed by atoms with E-state index in [2.05, 4.69) is 4.98 Å². The van der Waals surface area contributed by atoms with Gasteiger partial charge in [0, 0.05) is 11.1 Å². The molecule has 0 aliphatic heterocycles. The largest absolute Gasteiger partial charge is 0.445 e. The van der Waals surface area contributed by atoms with E-state index < -0.39 is 6.04 Å². The van der Waals surface area contributed by atoms with Crippen molar-refractivity contribution in [2.75, 3.05) is 0 Å². The second kappa shape index (κ2) is 5.66. The zero-order chi connectivity index (χ0) is 14.7. The quantitative estimate of drug-likeness (QED) is 0.588. The van der Waals surface area contributed by atoms with Crippen molar-refractivity contribution in [3.63, 3.8) is 0 Å². The van der Waals surface area contributed by atoms with Gasteiger partial charge < -0.3 is 14.9 Å². The first-order chi connectivity index (χ1) is 9.47. The van der Waals surface area contributed by atoms with E-state index >= 15 is 0 Å². The molecule has 2 rings (SSSR count). The van der Waals surface area contributed by atoms with Gasteiger partial charge in [-0.2, -0.15) is 0 Å². The Bertz CT molecular complexity index is 633. The average molecular weight is 272 g/mol. The van der Waals surface area contributed by atoms with Crippen molar-refractivity contribution < 1.29 is 9.15 Å². The second-order valence-electron chi connectivity index (χ2n) is 4.51. The molecule has 20 heavy (non-hydrogen) atoms. The van der Waals surface area contributed by atoms with Crippen LogP contribution in [0.3, 0.4) is 0 Å². The maximum Gasteiger partial charge on any atom is 0.225 e. The van der Waals surface area contributed by atoms with Crippen molar-refractivity contribution in [2.24, 2.45) is 5.73 Å². The lowest BCUT2D eigenvalue weighted by molar-refractivity contribution is 0.506. The Morgan fingerprint density at radius 1 is 1.35 bits per heavy atom. The number of nitrogens with one attached hydrogen (secondary N) is 2. The summed E-state index contributed by atoms with van der Waals surface area (Å²) in [5.74, 6) is 0.211. The molecule has 2 aromatic rings. The van der Waals surface area contributed by atoms with Gasteiger partial charge in [0.1, 0.15) is 6.26 Å². The highest BCUT2D eigenvalue weighted by Crippen LogP contribution is 2.21. The zero-order valence-electron chi connectivity index (χ0n) is 11.3. The van der Waals surface area contributed by atoms with E-state index in [9.17, 15) is 0 Å².